The molecule has 0 saturated carbocycles. The minimum Gasteiger partial charge on any atom is -0.383 e. The van der Waals surface area contributed by atoms with Gasteiger partial charge in [-0.3, -0.25) is 9.59 Å². The molecule has 0 aromatic rings. The van der Waals surface area contributed by atoms with Crippen LogP contribution in [0.3, 0.4) is 0 Å². The van der Waals surface area contributed by atoms with Crippen LogP contribution in [-0.4, -0.2) is 63.3 Å². The lowest BCUT2D eigenvalue weighted by atomic mass is 10.2. The summed E-state index contributed by atoms with van der Waals surface area (Å²) in [4.78, 5) is 24.7. The SMILES string of the molecule is COCCN(C(=O)C(=O)NCC#N)C(C)COC. The molecule has 0 bridgehead atoms. The maximum atomic E-state index is 11.9. The van der Waals surface area contributed by atoms with E-state index in [0.717, 1.165) is 0 Å². The average molecular weight is 257 g/mol. The standard InChI is InChI=1S/C11H19N3O4/c1-9(8-18-3)14(6-7-17-2)11(16)10(15)13-5-4-12/h9H,5-8H2,1-3H3,(H,13,15). The van der Waals surface area contributed by atoms with Gasteiger partial charge in [-0.25, -0.2) is 0 Å². The van der Waals surface area contributed by atoms with Crippen molar-refractivity contribution >= 4 is 11.8 Å². The summed E-state index contributed by atoms with van der Waals surface area (Å²) in [6, 6.07) is 1.49. The molecular formula is C11H19N3O4. The molecule has 1 N–H and O–H groups in total. The highest BCUT2D eigenvalue weighted by atomic mass is 16.5. The number of ether oxygens (including phenoxy) is 2. The van der Waals surface area contributed by atoms with Gasteiger partial charge in [-0.1, -0.05) is 0 Å². The van der Waals surface area contributed by atoms with Crippen LogP contribution < -0.4 is 5.32 Å². The summed E-state index contributed by atoms with van der Waals surface area (Å²) in [6.07, 6.45) is 0. The molecular weight excluding hydrogens is 238 g/mol. The van der Waals surface area contributed by atoms with Gasteiger partial charge in [0.05, 0.1) is 25.3 Å². The Kier molecular flexibility index (Phi) is 8.53. The highest BCUT2D eigenvalue weighted by Gasteiger charge is 2.25. The number of nitriles is 1. The van der Waals surface area contributed by atoms with Gasteiger partial charge in [-0.15, -0.1) is 0 Å². The number of nitrogens with one attached hydrogen (secondary N) is 1. The lowest BCUT2D eigenvalue weighted by Gasteiger charge is -2.27. The molecule has 7 heteroatoms. The lowest BCUT2D eigenvalue weighted by molar-refractivity contribution is -0.148. The van der Waals surface area contributed by atoms with Crippen molar-refractivity contribution < 1.29 is 19.1 Å². The summed E-state index contributed by atoms with van der Waals surface area (Å²) in [5, 5.41) is 10.6. The van der Waals surface area contributed by atoms with Crippen molar-refractivity contribution in [2.24, 2.45) is 0 Å². The number of rotatable bonds is 7. The average Bonchev–Trinajstić information content (AvgIpc) is 2.36. The number of methoxy groups -OCH3 is 2. The van der Waals surface area contributed by atoms with E-state index in [4.69, 9.17) is 14.7 Å². The van der Waals surface area contributed by atoms with Gasteiger partial charge in [0.15, 0.2) is 0 Å². The first kappa shape index (κ1) is 16.4. The minimum absolute atomic E-state index is 0.193. The molecule has 18 heavy (non-hydrogen) atoms. The first-order valence-corrected chi connectivity index (χ1v) is 5.52. The van der Waals surface area contributed by atoms with Gasteiger partial charge in [0.2, 0.25) is 0 Å². The molecule has 1 unspecified atom stereocenters. The Balaban J connectivity index is 4.57. The fourth-order valence-electron chi connectivity index (χ4n) is 1.37. The number of amides is 2. The van der Waals surface area contributed by atoms with Gasteiger partial charge in [0.1, 0.15) is 6.54 Å². The highest BCUT2D eigenvalue weighted by Crippen LogP contribution is 2.01. The predicted molar refractivity (Wildman–Crippen MR) is 63.5 cm³/mol. The van der Waals surface area contributed by atoms with Crippen molar-refractivity contribution in [2.75, 3.05) is 40.5 Å². The van der Waals surface area contributed by atoms with Gasteiger partial charge in [-0.05, 0) is 6.92 Å². The zero-order valence-electron chi connectivity index (χ0n) is 10.9. The highest BCUT2D eigenvalue weighted by molar-refractivity contribution is 6.35. The number of carbonyl (C=O) groups excluding carboxylic acids is 2. The molecule has 0 aliphatic rings. The quantitative estimate of drug-likeness (QED) is 0.473. The minimum atomic E-state index is -0.796. The van der Waals surface area contributed by atoms with E-state index in [-0.39, 0.29) is 12.6 Å². The third-order valence-corrected chi connectivity index (χ3v) is 2.26. The Hall–Kier alpha value is -1.65. The zero-order chi connectivity index (χ0) is 14.0. The molecule has 0 rings (SSSR count). The molecule has 1 atom stereocenters. The van der Waals surface area contributed by atoms with Gasteiger partial charge in [0, 0.05) is 20.8 Å². The number of nitrogens with zero attached hydrogens (tertiary/aromatic N) is 2. The van der Waals surface area contributed by atoms with Crippen LogP contribution in [0.4, 0.5) is 0 Å². The first-order valence-electron chi connectivity index (χ1n) is 5.52. The molecule has 7 nitrogen and oxygen atoms in total. The van der Waals surface area contributed by atoms with E-state index in [1.165, 1.54) is 19.1 Å². The molecule has 0 aromatic heterocycles. The van der Waals surface area contributed by atoms with Crippen molar-refractivity contribution in [2.45, 2.75) is 13.0 Å². The van der Waals surface area contributed by atoms with Crippen molar-refractivity contribution in [3.63, 3.8) is 0 Å². The van der Waals surface area contributed by atoms with Crippen LogP contribution in [-0.2, 0) is 19.1 Å². The predicted octanol–water partition coefficient (Wildman–Crippen LogP) is -0.864. The van der Waals surface area contributed by atoms with Crippen LogP contribution in [0.1, 0.15) is 6.92 Å². The topological polar surface area (TPSA) is 91.7 Å². The molecule has 0 radical (unpaired) electrons. The van der Waals surface area contributed by atoms with E-state index >= 15 is 0 Å². The molecule has 2 amide bonds. The largest absolute Gasteiger partial charge is 0.383 e. The van der Waals surface area contributed by atoms with E-state index in [1.54, 1.807) is 13.0 Å². The van der Waals surface area contributed by atoms with Gasteiger partial charge in [-0.2, -0.15) is 5.26 Å². The summed E-state index contributed by atoms with van der Waals surface area (Å²) in [6.45, 7) is 2.52. The summed E-state index contributed by atoms with van der Waals surface area (Å²) >= 11 is 0. The zero-order valence-corrected chi connectivity index (χ0v) is 10.9. The Morgan fingerprint density at radius 1 is 1.39 bits per heavy atom. The monoisotopic (exact) mass is 257 g/mol. The van der Waals surface area contributed by atoms with Crippen LogP contribution in [0.5, 0.6) is 0 Å². The summed E-state index contributed by atoms with van der Waals surface area (Å²) in [5.74, 6) is -1.48. The number of hydrogen-bond donors (Lipinski definition) is 1. The maximum Gasteiger partial charge on any atom is 0.312 e. The summed E-state index contributed by atoms with van der Waals surface area (Å²) in [7, 11) is 3.03. The van der Waals surface area contributed by atoms with Crippen molar-refractivity contribution in [1.29, 1.82) is 5.26 Å². The summed E-state index contributed by atoms with van der Waals surface area (Å²) in [5.41, 5.74) is 0. The smallest absolute Gasteiger partial charge is 0.312 e. The lowest BCUT2D eigenvalue weighted by Crippen LogP contribution is -2.49. The first-order chi connectivity index (χ1) is 8.58. The van der Waals surface area contributed by atoms with Crippen LogP contribution in [0, 0.1) is 11.3 Å². The molecule has 0 saturated heterocycles. The molecule has 0 aliphatic carbocycles. The molecule has 0 aromatic carbocycles. The Bertz CT molecular complexity index is 314. The maximum absolute atomic E-state index is 11.9. The van der Waals surface area contributed by atoms with Crippen LogP contribution >= 0.6 is 0 Å². The van der Waals surface area contributed by atoms with Gasteiger partial charge < -0.3 is 19.7 Å². The summed E-state index contributed by atoms with van der Waals surface area (Å²) < 4.78 is 9.85. The normalized spacial score (nSPS) is 11.4. The second-order valence-corrected chi connectivity index (χ2v) is 3.64. The van der Waals surface area contributed by atoms with Crippen molar-refractivity contribution in [1.82, 2.24) is 10.2 Å². The van der Waals surface area contributed by atoms with Crippen LogP contribution in [0.15, 0.2) is 0 Å². The van der Waals surface area contributed by atoms with Crippen LogP contribution in [0.2, 0.25) is 0 Å². The van der Waals surface area contributed by atoms with Crippen molar-refractivity contribution in [3.05, 3.63) is 0 Å². The van der Waals surface area contributed by atoms with Gasteiger partial charge in [0.25, 0.3) is 0 Å². The fraction of sp³-hybridized carbons (Fsp3) is 0.727. The van der Waals surface area contributed by atoms with E-state index in [0.29, 0.717) is 19.8 Å². The Labute approximate surface area is 107 Å². The van der Waals surface area contributed by atoms with Crippen molar-refractivity contribution in [3.8, 4) is 6.07 Å². The van der Waals surface area contributed by atoms with E-state index in [9.17, 15) is 9.59 Å². The molecule has 0 spiro atoms. The van der Waals surface area contributed by atoms with Crippen LogP contribution in [0.25, 0.3) is 0 Å². The molecule has 0 heterocycles. The molecule has 0 aliphatic heterocycles. The molecule has 0 fully saturated rings. The second-order valence-electron chi connectivity index (χ2n) is 3.64. The van der Waals surface area contributed by atoms with E-state index in [1.807, 2.05) is 0 Å². The Morgan fingerprint density at radius 3 is 2.56 bits per heavy atom. The second kappa shape index (κ2) is 9.39. The van der Waals surface area contributed by atoms with E-state index < -0.39 is 11.8 Å². The Morgan fingerprint density at radius 2 is 2.06 bits per heavy atom. The number of carbonyl (C=O) groups is 2. The number of hydrogen-bond acceptors (Lipinski definition) is 5. The third-order valence-electron chi connectivity index (χ3n) is 2.26. The third kappa shape index (κ3) is 5.61. The van der Waals surface area contributed by atoms with Gasteiger partial charge >= 0.3 is 11.8 Å². The molecule has 102 valence electrons. The fourth-order valence-corrected chi connectivity index (χ4v) is 1.37. The van der Waals surface area contributed by atoms with E-state index in [2.05, 4.69) is 5.32 Å².